The molecule has 0 spiro atoms. The first-order chi connectivity index (χ1) is 8.75. The lowest BCUT2D eigenvalue weighted by Crippen LogP contribution is -2.45. The Balaban J connectivity index is 2.79. The van der Waals surface area contributed by atoms with Crippen molar-refractivity contribution in [1.29, 1.82) is 0 Å². The Bertz CT molecular complexity index is 346. The number of nitrogens with zero attached hydrogens (tertiary/aromatic N) is 1. The van der Waals surface area contributed by atoms with Crippen LogP contribution in [0.2, 0.25) is 0 Å². The number of hydrogen-bond acceptors (Lipinski definition) is 3. The van der Waals surface area contributed by atoms with Crippen LogP contribution in [0.4, 0.5) is 0 Å². The van der Waals surface area contributed by atoms with Crippen molar-refractivity contribution in [1.82, 2.24) is 4.90 Å². The van der Waals surface area contributed by atoms with E-state index in [1.54, 1.807) is 0 Å². The van der Waals surface area contributed by atoms with Crippen molar-refractivity contribution in [2.75, 3.05) is 6.54 Å². The highest BCUT2D eigenvalue weighted by Crippen LogP contribution is 2.33. The second-order valence-corrected chi connectivity index (χ2v) is 6.30. The van der Waals surface area contributed by atoms with Crippen LogP contribution in [-0.4, -0.2) is 40.6 Å². The minimum Gasteiger partial charge on any atom is -0.393 e. The zero-order chi connectivity index (χ0) is 14.7. The zero-order valence-electron chi connectivity index (χ0n) is 12.6. The molecule has 2 N–H and O–H groups in total. The number of ether oxygens (including phenoxy) is 1. The van der Waals surface area contributed by atoms with Gasteiger partial charge in [0.05, 0.1) is 23.1 Å². The van der Waals surface area contributed by atoms with Gasteiger partial charge in [-0.25, -0.2) is 0 Å². The summed E-state index contributed by atoms with van der Waals surface area (Å²) < 4.78 is 5.76. The molecule has 4 unspecified atom stereocenters. The number of amides is 1. The average Bonchev–Trinajstić information content (AvgIpc) is 2.52. The fourth-order valence-corrected chi connectivity index (χ4v) is 2.83. The number of rotatable bonds is 5. The van der Waals surface area contributed by atoms with E-state index in [4.69, 9.17) is 22.7 Å². The summed E-state index contributed by atoms with van der Waals surface area (Å²) in [4.78, 5) is 15.1. The van der Waals surface area contributed by atoms with Gasteiger partial charge in [-0.2, -0.15) is 0 Å². The van der Waals surface area contributed by atoms with Gasteiger partial charge in [0, 0.05) is 19.0 Å². The lowest BCUT2D eigenvalue weighted by atomic mass is 9.88. The first-order valence-electron chi connectivity index (χ1n) is 7.00. The lowest BCUT2D eigenvalue weighted by molar-refractivity contribution is -0.139. The van der Waals surface area contributed by atoms with Gasteiger partial charge in [0.15, 0.2) is 0 Å². The van der Waals surface area contributed by atoms with Crippen LogP contribution in [0.1, 0.15) is 41.0 Å². The van der Waals surface area contributed by atoms with Crippen LogP contribution in [0.15, 0.2) is 0 Å². The summed E-state index contributed by atoms with van der Waals surface area (Å²) in [7, 11) is 0. The summed E-state index contributed by atoms with van der Waals surface area (Å²) in [6.45, 7) is 10.7. The molecular formula is C14H26N2O2S. The summed E-state index contributed by atoms with van der Waals surface area (Å²) in [6.07, 6.45) is 0.683. The highest BCUT2D eigenvalue weighted by atomic mass is 32.1. The van der Waals surface area contributed by atoms with Gasteiger partial charge in [-0.05, 0) is 33.6 Å². The van der Waals surface area contributed by atoms with Gasteiger partial charge in [-0.1, -0.05) is 19.1 Å². The van der Waals surface area contributed by atoms with E-state index < -0.39 is 0 Å². The van der Waals surface area contributed by atoms with E-state index in [-0.39, 0.29) is 36.0 Å². The summed E-state index contributed by atoms with van der Waals surface area (Å²) in [6, 6.07) is 0.150. The molecule has 110 valence electrons. The van der Waals surface area contributed by atoms with Gasteiger partial charge in [0.1, 0.15) is 0 Å². The van der Waals surface area contributed by atoms with E-state index in [2.05, 4.69) is 6.92 Å². The topological polar surface area (TPSA) is 55.6 Å². The van der Waals surface area contributed by atoms with Gasteiger partial charge in [-0.15, -0.1) is 0 Å². The molecule has 1 fully saturated rings. The van der Waals surface area contributed by atoms with Crippen LogP contribution in [0, 0.1) is 11.8 Å². The second-order valence-electron chi connectivity index (χ2n) is 5.77. The Morgan fingerprint density at radius 2 is 1.89 bits per heavy atom. The number of hydrogen-bond donors (Lipinski definition) is 1. The third kappa shape index (κ3) is 3.89. The molecule has 0 aliphatic carbocycles. The third-order valence-electron chi connectivity index (χ3n) is 4.03. The van der Waals surface area contributed by atoms with Gasteiger partial charge >= 0.3 is 0 Å². The van der Waals surface area contributed by atoms with Crippen LogP contribution in [-0.2, 0) is 9.53 Å². The Hall–Kier alpha value is -0.680. The molecular weight excluding hydrogens is 260 g/mol. The molecule has 4 nitrogen and oxygen atoms in total. The average molecular weight is 286 g/mol. The molecule has 0 aromatic carbocycles. The van der Waals surface area contributed by atoms with Gasteiger partial charge in [-0.3, -0.25) is 4.79 Å². The van der Waals surface area contributed by atoms with Crippen LogP contribution >= 0.6 is 12.2 Å². The smallest absolute Gasteiger partial charge is 0.228 e. The maximum Gasteiger partial charge on any atom is 0.228 e. The normalized spacial score (nSPS) is 30.6. The molecule has 19 heavy (non-hydrogen) atoms. The summed E-state index contributed by atoms with van der Waals surface area (Å²) in [5.41, 5.74) is 5.54. The van der Waals surface area contributed by atoms with E-state index in [1.165, 1.54) is 0 Å². The predicted octanol–water partition coefficient (Wildman–Crippen LogP) is 1.96. The van der Waals surface area contributed by atoms with Crippen molar-refractivity contribution in [2.24, 2.45) is 17.6 Å². The zero-order valence-corrected chi connectivity index (χ0v) is 13.4. The Kier molecular flexibility index (Phi) is 5.74. The third-order valence-corrected chi connectivity index (χ3v) is 4.24. The van der Waals surface area contributed by atoms with Crippen LogP contribution < -0.4 is 5.73 Å². The first kappa shape index (κ1) is 16.4. The van der Waals surface area contributed by atoms with Gasteiger partial charge in [0.25, 0.3) is 0 Å². The molecule has 0 aromatic heterocycles. The SMILES string of the molecule is CC1OC(C)C(C(=O)N(CCC(N)=S)C(C)C)C1C. The Labute approximate surface area is 121 Å². The quantitative estimate of drug-likeness (QED) is 0.785. The summed E-state index contributed by atoms with van der Waals surface area (Å²) in [5.74, 6) is 0.341. The van der Waals surface area contributed by atoms with Crippen molar-refractivity contribution in [3.05, 3.63) is 0 Å². The number of thiocarbonyl (C=S) groups is 1. The Morgan fingerprint density at radius 3 is 2.26 bits per heavy atom. The van der Waals surface area contributed by atoms with E-state index >= 15 is 0 Å². The van der Waals surface area contributed by atoms with Crippen molar-refractivity contribution < 1.29 is 9.53 Å². The fourth-order valence-electron chi connectivity index (χ4n) is 2.74. The molecule has 0 bridgehead atoms. The van der Waals surface area contributed by atoms with E-state index in [0.29, 0.717) is 18.0 Å². The molecule has 1 heterocycles. The molecule has 0 aromatic rings. The minimum atomic E-state index is -0.0660. The minimum absolute atomic E-state index is 0.0245. The largest absolute Gasteiger partial charge is 0.393 e. The molecule has 1 rings (SSSR count). The number of carbonyl (C=O) groups excluding carboxylic acids is 1. The highest BCUT2D eigenvalue weighted by Gasteiger charge is 2.43. The van der Waals surface area contributed by atoms with Crippen molar-refractivity contribution in [2.45, 2.75) is 59.3 Å². The second kappa shape index (κ2) is 6.66. The lowest BCUT2D eigenvalue weighted by Gasteiger charge is -2.31. The van der Waals surface area contributed by atoms with E-state index in [9.17, 15) is 4.79 Å². The molecule has 0 radical (unpaired) electrons. The van der Waals surface area contributed by atoms with Crippen molar-refractivity contribution in [3.63, 3.8) is 0 Å². The summed E-state index contributed by atoms with van der Waals surface area (Å²) >= 11 is 4.90. The number of nitrogens with two attached hydrogens (primary N) is 1. The molecule has 1 saturated heterocycles. The predicted molar refractivity (Wildman–Crippen MR) is 80.9 cm³/mol. The van der Waals surface area contributed by atoms with Crippen LogP contribution in [0.3, 0.4) is 0 Å². The van der Waals surface area contributed by atoms with Crippen LogP contribution in [0.25, 0.3) is 0 Å². The van der Waals surface area contributed by atoms with E-state index in [1.807, 2.05) is 32.6 Å². The number of carbonyl (C=O) groups is 1. The molecule has 4 atom stereocenters. The maximum atomic E-state index is 12.7. The molecule has 1 amide bonds. The van der Waals surface area contributed by atoms with Gasteiger partial charge < -0.3 is 15.4 Å². The maximum absolute atomic E-state index is 12.7. The van der Waals surface area contributed by atoms with Crippen molar-refractivity contribution >= 4 is 23.1 Å². The van der Waals surface area contributed by atoms with Crippen LogP contribution in [0.5, 0.6) is 0 Å². The Morgan fingerprint density at radius 1 is 1.32 bits per heavy atom. The summed E-state index contributed by atoms with van der Waals surface area (Å²) in [5, 5.41) is 0. The fraction of sp³-hybridized carbons (Fsp3) is 0.857. The molecule has 0 saturated carbocycles. The monoisotopic (exact) mass is 286 g/mol. The molecule has 1 aliphatic rings. The van der Waals surface area contributed by atoms with Gasteiger partial charge in [0.2, 0.25) is 5.91 Å². The van der Waals surface area contributed by atoms with E-state index in [0.717, 1.165) is 0 Å². The first-order valence-corrected chi connectivity index (χ1v) is 7.40. The highest BCUT2D eigenvalue weighted by molar-refractivity contribution is 7.80. The standard InChI is InChI=1S/C14H26N2O2S/c1-8(2)16(7-6-12(15)19)14(17)13-9(3)10(4)18-11(13)5/h8-11,13H,6-7H2,1-5H3,(H2,15,19). The van der Waals surface area contributed by atoms with Crippen molar-refractivity contribution in [3.8, 4) is 0 Å². The molecule has 1 aliphatic heterocycles. The molecule has 5 heteroatoms.